The number of aryl methyl sites for hydroxylation is 2. The average molecular weight is 353 g/mol. The molecule has 0 bridgehead atoms. The zero-order chi connectivity index (χ0) is 18.8. The van der Waals surface area contributed by atoms with Crippen molar-refractivity contribution in [1.82, 2.24) is 14.9 Å². The van der Waals surface area contributed by atoms with Crippen LogP contribution in [0.25, 0.3) is 11.0 Å². The van der Waals surface area contributed by atoms with Gasteiger partial charge in [-0.25, -0.2) is 9.37 Å². The van der Waals surface area contributed by atoms with E-state index in [1.165, 1.54) is 12.1 Å². The van der Waals surface area contributed by atoms with Gasteiger partial charge in [0.05, 0.1) is 11.4 Å². The van der Waals surface area contributed by atoms with Crippen LogP contribution in [0.5, 0.6) is 0 Å². The molecule has 1 amide bonds. The number of rotatable bonds is 4. The number of carbonyl (C=O) groups excluding carboxylic acids is 1. The van der Waals surface area contributed by atoms with Gasteiger partial charge in [-0.15, -0.1) is 0 Å². The highest BCUT2D eigenvalue weighted by Gasteiger charge is 2.18. The topological polar surface area (TPSA) is 64.0 Å². The summed E-state index contributed by atoms with van der Waals surface area (Å²) in [4.78, 5) is 29.8. The van der Waals surface area contributed by atoms with Gasteiger partial charge in [0.1, 0.15) is 17.0 Å². The Bertz CT molecular complexity index is 1030. The Morgan fingerprint density at radius 2 is 1.92 bits per heavy atom. The number of hydrogen-bond donors (Lipinski definition) is 1. The van der Waals surface area contributed by atoms with Crippen molar-refractivity contribution in [2.75, 3.05) is 0 Å². The third-order valence-electron chi connectivity index (χ3n) is 4.36. The van der Waals surface area contributed by atoms with E-state index in [4.69, 9.17) is 0 Å². The lowest BCUT2D eigenvalue weighted by Gasteiger charge is -2.16. The van der Waals surface area contributed by atoms with Gasteiger partial charge < -0.3 is 9.88 Å². The summed E-state index contributed by atoms with van der Waals surface area (Å²) < 4.78 is 14.8. The number of pyridine rings is 2. The van der Waals surface area contributed by atoms with Crippen molar-refractivity contribution < 1.29 is 9.18 Å². The third-order valence-corrected chi connectivity index (χ3v) is 4.36. The first-order chi connectivity index (χ1) is 12.4. The molecule has 0 radical (unpaired) electrons. The molecule has 3 aromatic rings. The van der Waals surface area contributed by atoms with E-state index in [9.17, 15) is 14.0 Å². The van der Waals surface area contributed by atoms with Crippen LogP contribution in [0.2, 0.25) is 0 Å². The molecular formula is C20H20FN3O2. The van der Waals surface area contributed by atoms with Gasteiger partial charge >= 0.3 is 0 Å². The van der Waals surface area contributed by atoms with Crippen molar-refractivity contribution in [3.8, 4) is 0 Å². The van der Waals surface area contributed by atoms with Gasteiger partial charge in [0.15, 0.2) is 0 Å². The average Bonchev–Trinajstić information content (AvgIpc) is 2.62. The number of benzene rings is 1. The molecule has 2 heterocycles. The predicted octanol–water partition coefficient (Wildman–Crippen LogP) is 3.35. The van der Waals surface area contributed by atoms with E-state index >= 15 is 0 Å². The summed E-state index contributed by atoms with van der Waals surface area (Å²) in [7, 11) is 0. The highest BCUT2D eigenvalue weighted by atomic mass is 19.1. The molecule has 2 aromatic heterocycles. The van der Waals surface area contributed by atoms with Crippen LogP contribution >= 0.6 is 0 Å². The number of nitrogens with one attached hydrogen (secondary N) is 1. The van der Waals surface area contributed by atoms with Gasteiger partial charge in [-0.2, -0.15) is 0 Å². The van der Waals surface area contributed by atoms with Crippen LogP contribution in [0.15, 0.2) is 47.4 Å². The number of carbonyl (C=O) groups is 1. The van der Waals surface area contributed by atoms with Crippen LogP contribution in [0.4, 0.5) is 4.39 Å². The van der Waals surface area contributed by atoms with Gasteiger partial charge in [-0.1, -0.05) is 12.1 Å². The van der Waals surface area contributed by atoms with E-state index < -0.39 is 5.91 Å². The summed E-state index contributed by atoms with van der Waals surface area (Å²) in [6.45, 7) is 6.15. The number of nitrogens with zero attached hydrogens (tertiary/aromatic N) is 2. The summed E-state index contributed by atoms with van der Waals surface area (Å²) in [5.74, 6) is -0.799. The summed E-state index contributed by atoms with van der Waals surface area (Å²) in [5.41, 5.74) is 1.86. The lowest BCUT2D eigenvalue weighted by atomic mass is 10.1. The molecule has 5 nitrogen and oxygen atoms in total. The zero-order valence-electron chi connectivity index (χ0n) is 14.9. The zero-order valence-corrected chi connectivity index (χ0v) is 14.9. The van der Waals surface area contributed by atoms with E-state index in [1.54, 1.807) is 42.0 Å². The maximum absolute atomic E-state index is 13.1. The molecule has 1 aromatic carbocycles. The van der Waals surface area contributed by atoms with Gasteiger partial charge in [0.25, 0.3) is 5.91 Å². The fourth-order valence-electron chi connectivity index (χ4n) is 2.87. The summed E-state index contributed by atoms with van der Waals surface area (Å²) in [6.07, 6.45) is 1.55. The molecule has 1 N–H and O–H groups in total. The van der Waals surface area contributed by atoms with E-state index in [1.807, 2.05) is 13.8 Å². The van der Waals surface area contributed by atoms with Gasteiger partial charge in [0, 0.05) is 18.4 Å². The first kappa shape index (κ1) is 17.8. The highest BCUT2D eigenvalue weighted by Crippen LogP contribution is 2.15. The standard InChI is InChI=1S/C20H20FN3O2/c1-4-24-11-17(18(25)16-10-5-12(2)22-19(16)24)20(26)23-13(3)14-6-8-15(21)9-7-14/h5-11,13H,4H2,1-3H3,(H,23,26)/t13-/m1/s1. The maximum atomic E-state index is 13.1. The highest BCUT2D eigenvalue weighted by molar-refractivity contribution is 5.97. The first-order valence-electron chi connectivity index (χ1n) is 8.48. The number of halogens is 1. The second-order valence-corrected chi connectivity index (χ2v) is 6.23. The number of fused-ring (bicyclic) bond motifs is 1. The molecule has 6 heteroatoms. The molecule has 0 aliphatic rings. The smallest absolute Gasteiger partial charge is 0.257 e. The maximum Gasteiger partial charge on any atom is 0.257 e. The number of amides is 1. The largest absolute Gasteiger partial charge is 0.345 e. The Labute approximate surface area is 150 Å². The molecule has 134 valence electrons. The number of aromatic nitrogens is 2. The van der Waals surface area contributed by atoms with Crippen LogP contribution in [-0.4, -0.2) is 15.5 Å². The van der Waals surface area contributed by atoms with Gasteiger partial charge in [-0.05, 0) is 50.6 Å². The normalized spacial score (nSPS) is 12.2. The molecule has 0 saturated heterocycles. The van der Waals surface area contributed by atoms with E-state index in [0.29, 0.717) is 17.6 Å². The van der Waals surface area contributed by atoms with Crippen molar-refractivity contribution in [2.24, 2.45) is 0 Å². The first-order valence-corrected chi connectivity index (χ1v) is 8.48. The fraction of sp³-hybridized carbons (Fsp3) is 0.250. The van der Waals surface area contributed by atoms with Gasteiger partial charge in [0.2, 0.25) is 5.43 Å². The molecule has 1 atom stereocenters. The van der Waals surface area contributed by atoms with Crippen molar-refractivity contribution in [2.45, 2.75) is 33.4 Å². The minimum atomic E-state index is -0.462. The molecule has 26 heavy (non-hydrogen) atoms. The molecule has 0 aliphatic heterocycles. The minimum absolute atomic E-state index is 0.0685. The lowest BCUT2D eigenvalue weighted by molar-refractivity contribution is 0.0938. The quantitative estimate of drug-likeness (QED) is 0.782. The van der Waals surface area contributed by atoms with Crippen LogP contribution < -0.4 is 10.7 Å². The summed E-state index contributed by atoms with van der Waals surface area (Å²) in [6, 6.07) is 9.00. The van der Waals surface area contributed by atoms with Crippen molar-refractivity contribution >= 4 is 16.9 Å². The Morgan fingerprint density at radius 3 is 2.58 bits per heavy atom. The Kier molecular flexibility index (Phi) is 4.84. The third kappa shape index (κ3) is 3.35. The Balaban J connectivity index is 1.98. The SMILES string of the molecule is CCn1cc(C(=O)N[C@H](C)c2ccc(F)cc2)c(=O)c2ccc(C)nc21. The fourth-order valence-corrected chi connectivity index (χ4v) is 2.87. The monoisotopic (exact) mass is 353 g/mol. The molecule has 0 fully saturated rings. The van der Waals surface area contributed by atoms with Crippen LogP contribution in [0.1, 0.15) is 41.5 Å². The van der Waals surface area contributed by atoms with Crippen LogP contribution in [-0.2, 0) is 6.54 Å². The molecule has 0 aliphatic carbocycles. The summed E-state index contributed by atoms with van der Waals surface area (Å²) >= 11 is 0. The Hall–Kier alpha value is -3.02. The van der Waals surface area contributed by atoms with Crippen LogP contribution in [0, 0.1) is 12.7 Å². The second kappa shape index (κ2) is 7.07. The summed E-state index contributed by atoms with van der Waals surface area (Å²) in [5, 5.41) is 3.22. The molecule has 0 spiro atoms. The molecule has 0 unspecified atom stereocenters. The Morgan fingerprint density at radius 1 is 1.23 bits per heavy atom. The van der Waals surface area contributed by atoms with E-state index in [-0.39, 0.29) is 22.9 Å². The van der Waals surface area contributed by atoms with Crippen molar-refractivity contribution in [3.63, 3.8) is 0 Å². The second-order valence-electron chi connectivity index (χ2n) is 6.23. The van der Waals surface area contributed by atoms with E-state index in [0.717, 1.165) is 11.3 Å². The lowest BCUT2D eigenvalue weighted by Crippen LogP contribution is -2.32. The van der Waals surface area contributed by atoms with Crippen molar-refractivity contribution in [3.05, 3.63) is 75.5 Å². The molecular weight excluding hydrogens is 333 g/mol. The van der Waals surface area contributed by atoms with Crippen molar-refractivity contribution in [1.29, 1.82) is 0 Å². The molecule has 0 saturated carbocycles. The predicted molar refractivity (Wildman–Crippen MR) is 98.7 cm³/mol. The minimum Gasteiger partial charge on any atom is -0.345 e. The van der Waals surface area contributed by atoms with Crippen LogP contribution in [0.3, 0.4) is 0 Å². The molecule has 3 rings (SSSR count). The number of hydrogen-bond acceptors (Lipinski definition) is 3. The van der Waals surface area contributed by atoms with Gasteiger partial charge in [-0.3, -0.25) is 9.59 Å². The van der Waals surface area contributed by atoms with E-state index in [2.05, 4.69) is 10.3 Å².